The van der Waals surface area contributed by atoms with Crippen molar-refractivity contribution in [3.05, 3.63) is 35.4 Å². The lowest BCUT2D eigenvalue weighted by Crippen LogP contribution is -2.35. The van der Waals surface area contributed by atoms with Gasteiger partial charge in [0.1, 0.15) is 0 Å². The summed E-state index contributed by atoms with van der Waals surface area (Å²) in [6, 6.07) is 7.41. The largest absolute Gasteiger partial charge is 0.349 e. The second kappa shape index (κ2) is 10.2. The summed E-state index contributed by atoms with van der Waals surface area (Å²) >= 11 is 0. The molecule has 0 amide bonds. The zero-order valence-electron chi connectivity index (χ0n) is 15.3. The van der Waals surface area contributed by atoms with Gasteiger partial charge in [-0.05, 0) is 25.0 Å². The Morgan fingerprint density at radius 1 is 1.08 bits per heavy atom. The summed E-state index contributed by atoms with van der Waals surface area (Å²) < 4.78 is 26.9. The van der Waals surface area contributed by atoms with E-state index in [0.717, 1.165) is 17.1 Å². The minimum Gasteiger partial charge on any atom is -0.349 e. The lowest BCUT2D eigenvalue weighted by molar-refractivity contribution is 0.479. The molecule has 0 radical (unpaired) electrons. The van der Waals surface area contributed by atoms with Crippen molar-refractivity contribution in [1.29, 1.82) is 0 Å². The van der Waals surface area contributed by atoms with Crippen LogP contribution in [0.3, 0.4) is 0 Å². The molecular formula is C16H29IN4O2S. The predicted molar refractivity (Wildman–Crippen MR) is 111 cm³/mol. The molecule has 138 valence electrons. The number of nitrogens with zero attached hydrogens (tertiary/aromatic N) is 3. The van der Waals surface area contributed by atoms with Crippen molar-refractivity contribution in [2.45, 2.75) is 32.2 Å². The maximum absolute atomic E-state index is 12.2. The molecule has 1 aromatic rings. The first-order valence-corrected chi connectivity index (χ1v) is 9.23. The standard InChI is InChI=1S/C16H28N4O2S.HI/c1-13(2)18-23(21,22)12-15-10-8-7-9-14(15)11-17-16(19(3)4)20(5)6;/h7-10,13,18H,11-12H2,1-6H3;1H. The van der Waals surface area contributed by atoms with Crippen molar-refractivity contribution in [3.8, 4) is 0 Å². The summed E-state index contributed by atoms with van der Waals surface area (Å²) in [5, 5.41) is 0. The molecule has 1 aromatic carbocycles. The van der Waals surface area contributed by atoms with Gasteiger partial charge in [-0.3, -0.25) is 0 Å². The fourth-order valence-electron chi connectivity index (χ4n) is 2.30. The summed E-state index contributed by atoms with van der Waals surface area (Å²) in [4.78, 5) is 8.46. The Kier molecular flexibility index (Phi) is 9.83. The van der Waals surface area contributed by atoms with Crippen LogP contribution in [-0.4, -0.2) is 58.4 Å². The van der Waals surface area contributed by atoms with E-state index in [4.69, 9.17) is 0 Å². The van der Waals surface area contributed by atoms with E-state index in [0.29, 0.717) is 6.54 Å². The van der Waals surface area contributed by atoms with Crippen LogP contribution < -0.4 is 4.72 Å². The number of halogens is 1. The van der Waals surface area contributed by atoms with Gasteiger partial charge in [-0.15, -0.1) is 24.0 Å². The molecule has 0 heterocycles. The minimum absolute atomic E-state index is 0. The Morgan fingerprint density at radius 3 is 2.04 bits per heavy atom. The average molecular weight is 468 g/mol. The van der Waals surface area contributed by atoms with E-state index >= 15 is 0 Å². The monoisotopic (exact) mass is 468 g/mol. The molecule has 6 nitrogen and oxygen atoms in total. The third-order valence-electron chi connectivity index (χ3n) is 3.07. The highest BCUT2D eigenvalue weighted by molar-refractivity contribution is 14.0. The first-order chi connectivity index (χ1) is 10.6. The molecule has 24 heavy (non-hydrogen) atoms. The van der Waals surface area contributed by atoms with Gasteiger partial charge in [0.05, 0.1) is 12.3 Å². The fourth-order valence-corrected chi connectivity index (χ4v) is 3.79. The zero-order valence-corrected chi connectivity index (χ0v) is 18.4. The van der Waals surface area contributed by atoms with E-state index in [1.54, 1.807) is 0 Å². The first kappa shape index (κ1) is 23.1. The first-order valence-electron chi connectivity index (χ1n) is 7.58. The van der Waals surface area contributed by atoms with Crippen molar-refractivity contribution < 1.29 is 8.42 Å². The SMILES string of the molecule is CC(C)NS(=O)(=O)Cc1ccccc1CN=C(N(C)C)N(C)C.I. The third-order valence-corrected chi connectivity index (χ3v) is 4.59. The topological polar surface area (TPSA) is 65.0 Å². The van der Waals surface area contributed by atoms with E-state index < -0.39 is 10.0 Å². The predicted octanol–water partition coefficient (Wildman–Crippen LogP) is 2.11. The minimum atomic E-state index is -3.35. The van der Waals surface area contributed by atoms with Gasteiger partial charge in [-0.1, -0.05) is 24.3 Å². The van der Waals surface area contributed by atoms with Crippen LogP contribution in [0.2, 0.25) is 0 Å². The molecule has 0 saturated carbocycles. The van der Waals surface area contributed by atoms with Crippen LogP contribution >= 0.6 is 24.0 Å². The van der Waals surface area contributed by atoms with Gasteiger partial charge in [0.15, 0.2) is 5.96 Å². The highest BCUT2D eigenvalue weighted by atomic mass is 127. The number of aliphatic imine (C=N–C) groups is 1. The molecule has 0 atom stereocenters. The van der Waals surface area contributed by atoms with Crippen LogP contribution in [0.5, 0.6) is 0 Å². The molecule has 0 aliphatic heterocycles. The number of nitrogens with one attached hydrogen (secondary N) is 1. The van der Waals surface area contributed by atoms with Crippen molar-refractivity contribution >= 4 is 40.0 Å². The van der Waals surface area contributed by atoms with Gasteiger partial charge < -0.3 is 9.80 Å². The molecule has 0 aliphatic carbocycles. The molecule has 0 spiro atoms. The van der Waals surface area contributed by atoms with Crippen LogP contribution in [0.1, 0.15) is 25.0 Å². The fraction of sp³-hybridized carbons (Fsp3) is 0.562. The molecule has 1 rings (SSSR count). The number of sulfonamides is 1. The lowest BCUT2D eigenvalue weighted by atomic mass is 10.1. The van der Waals surface area contributed by atoms with Crippen molar-refractivity contribution in [3.63, 3.8) is 0 Å². The second-order valence-corrected chi connectivity index (χ2v) is 7.96. The molecule has 0 fully saturated rings. The van der Waals surface area contributed by atoms with E-state index in [2.05, 4.69) is 9.71 Å². The molecule has 0 aromatic heterocycles. The molecule has 1 N–H and O–H groups in total. The smallest absolute Gasteiger partial charge is 0.216 e. The summed E-state index contributed by atoms with van der Waals surface area (Å²) in [6.07, 6.45) is 0. The summed E-state index contributed by atoms with van der Waals surface area (Å²) in [5.74, 6) is 0.804. The molecule has 8 heteroatoms. The Morgan fingerprint density at radius 2 is 1.58 bits per heavy atom. The Balaban J connectivity index is 0.00000529. The van der Waals surface area contributed by atoms with Gasteiger partial charge in [0.2, 0.25) is 10.0 Å². The van der Waals surface area contributed by atoms with Gasteiger partial charge in [0, 0.05) is 34.2 Å². The second-order valence-electron chi connectivity index (χ2n) is 6.21. The van der Waals surface area contributed by atoms with Crippen LogP contribution in [0.25, 0.3) is 0 Å². The summed E-state index contributed by atoms with van der Waals surface area (Å²) in [5.41, 5.74) is 1.70. The Labute approximate surface area is 163 Å². The number of hydrogen-bond acceptors (Lipinski definition) is 3. The zero-order chi connectivity index (χ0) is 17.6. The van der Waals surface area contributed by atoms with Crippen molar-refractivity contribution in [2.75, 3.05) is 28.2 Å². The average Bonchev–Trinajstić information content (AvgIpc) is 2.37. The molecule has 0 bridgehead atoms. The number of guanidine groups is 1. The van der Waals surface area contributed by atoms with Crippen LogP contribution in [-0.2, 0) is 22.3 Å². The van der Waals surface area contributed by atoms with Gasteiger partial charge >= 0.3 is 0 Å². The van der Waals surface area contributed by atoms with Crippen molar-refractivity contribution in [1.82, 2.24) is 14.5 Å². The van der Waals surface area contributed by atoms with Gasteiger partial charge in [0.25, 0.3) is 0 Å². The molecule has 0 unspecified atom stereocenters. The normalized spacial score (nSPS) is 11.0. The lowest BCUT2D eigenvalue weighted by Gasteiger charge is -2.22. The summed E-state index contributed by atoms with van der Waals surface area (Å²) in [6.45, 7) is 4.07. The molecule has 0 aliphatic rings. The number of rotatable bonds is 6. The van der Waals surface area contributed by atoms with Gasteiger partial charge in [-0.25, -0.2) is 18.1 Å². The van der Waals surface area contributed by atoms with Crippen molar-refractivity contribution in [2.24, 2.45) is 4.99 Å². The van der Waals surface area contributed by atoms with E-state index in [9.17, 15) is 8.42 Å². The van der Waals surface area contributed by atoms with Gasteiger partial charge in [-0.2, -0.15) is 0 Å². The highest BCUT2D eigenvalue weighted by Crippen LogP contribution is 2.14. The molecule has 0 saturated heterocycles. The van der Waals surface area contributed by atoms with Crippen LogP contribution in [0.15, 0.2) is 29.3 Å². The number of benzene rings is 1. The number of hydrogen-bond donors (Lipinski definition) is 1. The maximum Gasteiger partial charge on any atom is 0.216 e. The molecular weight excluding hydrogens is 439 g/mol. The van der Waals surface area contributed by atoms with E-state index in [-0.39, 0.29) is 35.8 Å². The highest BCUT2D eigenvalue weighted by Gasteiger charge is 2.15. The summed E-state index contributed by atoms with van der Waals surface area (Å²) in [7, 11) is 4.38. The van der Waals surface area contributed by atoms with Crippen LogP contribution in [0.4, 0.5) is 0 Å². The quantitative estimate of drug-likeness (QED) is 0.395. The van der Waals surface area contributed by atoms with E-state index in [1.165, 1.54) is 0 Å². The Bertz CT molecular complexity index is 633. The Hall–Kier alpha value is -0.870. The third kappa shape index (κ3) is 7.80. The van der Waals surface area contributed by atoms with Crippen LogP contribution in [0, 0.1) is 0 Å². The maximum atomic E-state index is 12.2. The van der Waals surface area contributed by atoms with E-state index in [1.807, 2.05) is 76.1 Å².